The van der Waals surface area contributed by atoms with Crippen LogP contribution in [0.25, 0.3) is 0 Å². The minimum atomic E-state index is -0.363. The second kappa shape index (κ2) is 25.4. The van der Waals surface area contributed by atoms with E-state index in [0.717, 1.165) is 31.4 Å². The molecule has 2 aromatic carbocycles. The molecular weight excluding hydrogens is 558 g/mol. The third kappa shape index (κ3) is 19.0. The maximum absolute atomic E-state index is 12.1. The van der Waals surface area contributed by atoms with E-state index in [4.69, 9.17) is 37.9 Å². The van der Waals surface area contributed by atoms with Crippen LogP contribution in [0.15, 0.2) is 48.5 Å². The van der Waals surface area contributed by atoms with E-state index in [2.05, 4.69) is 12.2 Å². The molecule has 0 heterocycles. The average molecular weight is 606 g/mol. The second-order valence-electron chi connectivity index (χ2n) is 9.20. The van der Waals surface area contributed by atoms with Crippen molar-refractivity contribution in [3.8, 4) is 5.75 Å². The van der Waals surface area contributed by atoms with Gasteiger partial charge in [0, 0.05) is 17.8 Å². The first-order chi connectivity index (χ1) is 21.2. The number of aldehydes is 1. The van der Waals surface area contributed by atoms with Crippen LogP contribution in [0.1, 0.15) is 40.5 Å². The maximum Gasteiger partial charge on any atom is 0.338 e. The van der Waals surface area contributed by atoms with Crippen molar-refractivity contribution in [3.63, 3.8) is 0 Å². The number of carbonyl (C=O) groups is 2. The van der Waals surface area contributed by atoms with Crippen LogP contribution in [0.4, 0.5) is 5.69 Å². The van der Waals surface area contributed by atoms with Crippen LogP contribution in [0.3, 0.4) is 0 Å². The molecule has 0 fully saturated rings. The fraction of sp³-hybridized carbons (Fsp3) is 0.562. The highest BCUT2D eigenvalue weighted by Crippen LogP contribution is 2.11. The molecule has 0 radical (unpaired) electrons. The number of rotatable bonds is 28. The third-order valence-corrected chi connectivity index (χ3v) is 5.81. The predicted molar refractivity (Wildman–Crippen MR) is 162 cm³/mol. The summed E-state index contributed by atoms with van der Waals surface area (Å²) in [6.45, 7) is 9.09. The van der Waals surface area contributed by atoms with Gasteiger partial charge in [0.05, 0.1) is 84.8 Å². The van der Waals surface area contributed by atoms with Crippen LogP contribution >= 0.6 is 0 Å². The molecule has 1 N–H and O–H groups in total. The SMILES string of the molecule is CCCCNc1ccc(C(=O)OCCOCCOCCOCCOCCOCCOCCOc2ccc(C=O)cc2)cc1. The number of anilines is 1. The monoisotopic (exact) mass is 605 g/mol. The molecule has 0 saturated carbocycles. The van der Waals surface area contributed by atoms with Crippen LogP contribution in [-0.4, -0.2) is 111 Å². The van der Waals surface area contributed by atoms with Gasteiger partial charge in [-0.05, 0) is 55.0 Å². The Bertz CT molecular complexity index is 956. The van der Waals surface area contributed by atoms with Gasteiger partial charge in [0.25, 0.3) is 0 Å². The smallest absolute Gasteiger partial charge is 0.338 e. The number of carbonyl (C=O) groups excluding carboxylic acids is 2. The first-order valence-electron chi connectivity index (χ1n) is 14.9. The molecule has 11 nitrogen and oxygen atoms in total. The van der Waals surface area contributed by atoms with Crippen LogP contribution in [0.2, 0.25) is 0 Å². The highest BCUT2D eigenvalue weighted by atomic mass is 16.6. The van der Waals surface area contributed by atoms with Crippen molar-refractivity contribution in [1.82, 2.24) is 0 Å². The fourth-order valence-electron chi connectivity index (χ4n) is 3.47. The minimum absolute atomic E-state index is 0.189. The molecule has 0 bridgehead atoms. The van der Waals surface area contributed by atoms with Crippen LogP contribution in [-0.2, 0) is 33.2 Å². The second-order valence-corrected chi connectivity index (χ2v) is 9.20. The maximum atomic E-state index is 12.1. The molecule has 0 amide bonds. The molecular formula is C32H47NO10. The van der Waals surface area contributed by atoms with E-state index in [9.17, 15) is 9.59 Å². The Morgan fingerprint density at radius 2 is 1.09 bits per heavy atom. The van der Waals surface area contributed by atoms with Gasteiger partial charge in [-0.15, -0.1) is 0 Å². The first-order valence-corrected chi connectivity index (χ1v) is 14.9. The Morgan fingerprint density at radius 1 is 0.628 bits per heavy atom. The van der Waals surface area contributed by atoms with E-state index in [0.29, 0.717) is 103 Å². The highest BCUT2D eigenvalue weighted by Gasteiger charge is 2.06. The van der Waals surface area contributed by atoms with Gasteiger partial charge in [0.15, 0.2) is 0 Å². The van der Waals surface area contributed by atoms with Crippen LogP contribution < -0.4 is 10.1 Å². The van der Waals surface area contributed by atoms with E-state index in [1.807, 2.05) is 12.1 Å². The summed E-state index contributed by atoms with van der Waals surface area (Å²) in [5, 5.41) is 3.31. The summed E-state index contributed by atoms with van der Waals surface area (Å²) >= 11 is 0. The summed E-state index contributed by atoms with van der Waals surface area (Å²) < 4.78 is 43.5. The molecule has 11 heteroatoms. The van der Waals surface area contributed by atoms with Crippen molar-refractivity contribution < 1.29 is 47.5 Å². The van der Waals surface area contributed by atoms with Gasteiger partial charge in [-0.25, -0.2) is 4.79 Å². The number of esters is 1. The number of unbranched alkanes of at least 4 members (excludes halogenated alkanes) is 1. The van der Waals surface area contributed by atoms with E-state index >= 15 is 0 Å². The van der Waals surface area contributed by atoms with E-state index in [1.54, 1.807) is 36.4 Å². The van der Waals surface area contributed by atoms with Crippen LogP contribution in [0.5, 0.6) is 5.75 Å². The zero-order valence-corrected chi connectivity index (χ0v) is 25.3. The standard InChI is InChI=1S/C32H47NO10/c1-2-3-12-33-30-8-6-29(7-9-30)32(35)43-26-24-41-22-20-39-18-16-37-14-13-36-15-17-38-19-21-40-23-25-42-31-10-4-28(27-34)5-11-31/h4-11,27,33H,2-3,12-26H2,1H3. The summed E-state index contributed by atoms with van der Waals surface area (Å²) in [5.41, 5.74) is 2.13. The van der Waals surface area contributed by atoms with Crippen molar-refractivity contribution >= 4 is 17.9 Å². The summed E-state index contributed by atoms with van der Waals surface area (Å²) in [7, 11) is 0. The normalized spacial score (nSPS) is 10.9. The molecule has 0 aromatic heterocycles. The lowest BCUT2D eigenvalue weighted by molar-refractivity contribution is -0.0201. The van der Waals surface area contributed by atoms with Crippen molar-refractivity contribution in [1.29, 1.82) is 0 Å². The summed E-state index contributed by atoms with van der Waals surface area (Å²) in [5.74, 6) is 0.337. The van der Waals surface area contributed by atoms with Gasteiger partial charge >= 0.3 is 5.97 Å². The summed E-state index contributed by atoms with van der Waals surface area (Å²) in [4.78, 5) is 22.7. The molecule has 0 spiro atoms. The number of hydrogen-bond donors (Lipinski definition) is 1. The van der Waals surface area contributed by atoms with Gasteiger partial charge in [0.2, 0.25) is 0 Å². The molecule has 2 rings (SSSR count). The molecule has 0 unspecified atom stereocenters. The molecule has 240 valence electrons. The number of benzene rings is 2. The fourth-order valence-corrected chi connectivity index (χ4v) is 3.47. The van der Waals surface area contributed by atoms with E-state index in [1.165, 1.54) is 0 Å². The summed E-state index contributed by atoms with van der Waals surface area (Å²) in [6.07, 6.45) is 3.04. The number of nitrogens with one attached hydrogen (secondary N) is 1. The largest absolute Gasteiger partial charge is 0.491 e. The predicted octanol–water partition coefficient (Wildman–Crippen LogP) is 4.05. The Morgan fingerprint density at radius 3 is 1.56 bits per heavy atom. The lowest BCUT2D eigenvalue weighted by atomic mass is 10.2. The van der Waals surface area contributed by atoms with Crippen molar-refractivity contribution in [2.75, 3.05) is 104 Å². The Balaban J connectivity index is 1.25. The molecule has 43 heavy (non-hydrogen) atoms. The molecule has 0 aliphatic rings. The van der Waals surface area contributed by atoms with Gasteiger partial charge in [0.1, 0.15) is 25.2 Å². The molecule has 0 saturated heterocycles. The van der Waals surface area contributed by atoms with Gasteiger partial charge in [-0.2, -0.15) is 0 Å². The minimum Gasteiger partial charge on any atom is -0.491 e. The van der Waals surface area contributed by atoms with E-state index in [-0.39, 0.29) is 12.6 Å². The van der Waals surface area contributed by atoms with Crippen LogP contribution in [0, 0.1) is 0 Å². The van der Waals surface area contributed by atoms with Gasteiger partial charge in [-0.3, -0.25) is 4.79 Å². The highest BCUT2D eigenvalue weighted by molar-refractivity contribution is 5.89. The zero-order chi connectivity index (χ0) is 30.6. The van der Waals surface area contributed by atoms with Crippen molar-refractivity contribution in [2.24, 2.45) is 0 Å². The lowest BCUT2D eigenvalue weighted by Crippen LogP contribution is -2.15. The molecule has 0 aliphatic carbocycles. The average Bonchev–Trinajstić information content (AvgIpc) is 3.04. The van der Waals surface area contributed by atoms with Crippen molar-refractivity contribution in [2.45, 2.75) is 19.8 Å². The lowest BCUT2D eigenvalue weighted by Gasteiger charge is -2.09. The third-order valence-electron chi connectivity index (χ3n) is 5.81. The van der Waals surface area contributed by atoms with Gasteiger partial charge < -0.3 is 43.2 Å². The Labute approximate surface area is 255 Å². The number of hydrogen-bond acceptors (Lipinski definition) is 11. The molecule has 0 atom stereocenters. The topological polar surface area (TPSA) is 120 Å². The summed E-state index contributed by atoms with van der Waals surface area (Å²) in [6, 6.07) is 14.2. The first kappa shape index (κ1) is 36.1. The zero-order valence-electron chi connectivity index (χ0n) is 25.3. The molecule has 0 aliphatic heterocycles. The molecule has 2 aromatic rings. The van der Waals surface area contributed by atoms with Crippen molar-refractivity contribution in [3.05, 3.63) is 59.7 Å². The van der Waals surface area contributed by atoms with E-state index < -0.39 is 0 Å². The number of ether oxygens (including phenoxy) is 8. The Kier molecular flexibility index (Phi) is 21.4. The Hall–Kier alpha value is -3.06. The quantitative estimate of drug-likeness (QED) is 0.0860. The van der Waals surface area contributed by atoms with Gasteiger partial charge in [-0.1, -0.05) is 13.3 Å².